The van der Waals surface area contributed by atoms with E-state index in [4.69, 9.17) is 4.74 Å². The SMILES string of the molecule is CCc1c(C(=O)NCc2ccc(OC)c(OC(F)F)c2)[nH]c(C)c1C(C)=O. The van der Waals surface area contributed by atoms with Crippen LogP contribution in [0.3, 0.4) is 0 Å². The minimum Gasteiger partial charge on any atom is -0.493 e. The van der Waals surface area contributed by atoms with Crippen molar-refractivity contribution in [2.75, 3.05) is 7.11 Å². The molecule has 0 aliphatic heterocycles. The number of rotatable bonds is 8. The van der Waals surface area contributed by atoms with Crippen LogP contribution >= 0.6 is 0 Å². The zero-order valence-electron chi connectivity index (χ0n) is 15.6. The lowest BCUT2D eigenvalue weighted by molar-refractivity contribution is -0.0512. The molecule has 0 saturated heterocycles. The summed E-state index contributed by atoms with van der Waals surface area (Å²) in [5, 5.41) is 2.72. The number of methoxy groups -OCH3 is 1. The van der Waals surface area contributed by atoms with Gasteiger partial charge in [-0.1, -0.05) is 13.0 Å². The van der Waals surface area contributed by atoms with Gasteiger partial charge in [-0.05, 0) is 43.5 Å². The molecule has 0 bridgehead atoms. The highest BCUT2D eigenvalue weighted by Gasteiger charge is 2.21. The van der Waals surface area contributed by atoms with Gasteiger partial charge in [-0.15, -0.1) is 0 Å². The number of alkyl halides is 2. The van der Waals surface area contributed by atoms with Gasteiger partial charge in [0.05, 0.1) is 7.11 Å². The molecule has 2 aromatic rings. The summed E-state index contributed by atoms with van der Waals surface area (Å²) in [6.07, 6.45) is 0.525. The van der Waals surface area contributed by atoms with Crippen molar-refractivity contribution < 1.29 is 27.8 Å². The fourth-order valence-electron chi connectivity index (χ4n) is 2.99. The first-order valence-corrected chi connectivity index (χ1v) is 8.40. The van der Waals surface area contributed by atoms with Crippen molar-refractivity contribution in [2.45, 2.75) is 40.3 Å². The minimum absolute atomic E-state index is 0.0963. The van der Waals surface area contributed by atoms with Crippen LogP contribution in [0.25, 0.3) is 0 Å². The first kappa shape index (κ1) is 20.4. The molecule has 0 atom stereocenters. The number of carbonyl (C=O) groups excluding carboxylic acids is 2. The first-order valence-electron chi connectivity index (χ1n) is 8.40. The average Bonchev–Trinajstić information content (AvgIpc) is 2.96. The van der Waals surface area contributed by atoms with E-state index in [0.29, 0.717) is 34.5 Å². The summed E-state index contributed by atoms with van der Waals surface area (Å²) >= 11 is 0. The van der Waals surface area contributed by atoms with Crippen LogP contribution in [0.2, 0.25) is 0 Å². The Kier molecular flexibility index (Phi) is 6.55. The fourth-order valence-corrected chi connectivity index (χ4v) is 2.99. The smallest absolute Gasteiger partial charge is 0.387 e. The molecule has 0 unspecified atom stereocenters. The number of Topliss-reactive ketones (excluding diaryl/α,β-unsaturated/α-hetero) is 1. The maximum atomic E-state index is 12.5. The Balaban J connectivity index is 2.19. The summed E-state index contributed by atoms with van der Waals surface area (Å²) in [5.74, 6) is -0.425. The van der Waals surface area contributed by atoms with E-state index >= 15 is 0 Å². The third kappa shape index (κ3) is 4.64. The quantitative estimate of drug-likeness (QED) is 0.686. The van der Waals surface area contributed by atoms with Gasteiger partial charge in [-0.3, -0.25) is 9.59 Å². The topological polar surface area (TPSA) is 80.4 Å². The Morgan fingerprint density at radius 1 is 1.26 bits per heavy atom. The zero-order chi connectivity index (χ0) is 20.1. The van der Waals surface area contributed by atoms with E-state index in [1.165, 1.54) is 26.2 Å². The van der Waals surface area contributed by atoms with Gasteiger partial charge in [0.1, 0.15) is 5.69 Å². The Morgan fingerprint density at radius 3 is 2.52 bits per heavy atom. The van der Waals surface area contributed by atoms with E-state index in [0.717, 1.165) is 0 Å². The van der Waals surface area contributed by atoms with Crippen LogP contribution in [0.4, 0.5) is 8.78 Å². The van der Waals surface area contributed by atoms with Crippen LogP contribution in [-0.2, 0) is 13.0 Å². The number of hydrogen-bond donors (Lipinski definition) is 2. The molecule has 0 aliphatic carbocycles. The number of amides is 1. The number of ketones is 1. The van der Waals surface area contributed by atoms with Gasteiger partial charge in [-0.2, -0.15) is 8.78 Å². The van der Waals surface area contributed by atoms with Gasteiger partial charge in [0, 0.05) is 17.8 Å². The molecule has 2 N–H and O–H groups in total. The third-order valence-corrected chi connectivity index (χ3v) is 4.12. The number of aryl methyl sites for hydroxylation is 1. The third-order valence-electron chi connectivity index (χ3n) is 4.12. The van der Waals surface area contributed by atoms with E-state index in [9.17, 15) is 18.4 Å². The fraction of sp³-hybridized carbons (Fsp3) is 0.368. The monoisotopic (exact) mass is 380 g/mol. The zero-order valence-corrected chi connectivity index (χ0v) is 15.6. The van der Waals surface area contributed by atoms with E-state index in [2.05, 4.69) is 15.0 Å². The molecule has 1 amide bonds. The number of aromatic amines is 1. The van der Waals surface area contributed by atoms with Crippen molar-refractivity contribution in [1.82, 2.24) is 10.3 Å². The molecule has 0 fully saturated rings. The number of hydrogen-bond acceptors (Lipinski definition) is 4. The number of nitrogens with one attached hydrogen (secondary N) is 2. The van der Waals surface area contributed by atoms with E-state index in [-0.39, 0.29) is 29.7 Å². The molecule has 1 aromatic heterocycles. The Hall–Kier alpha value is -2.90. The standard InChI is InChI=1S/C19H22F2N2O4/c1-5-13-16(11(3)24)10(2)23-17(13)18(25)22-9-12-6-7-14(26-4)15(8-12)27-19(20)21/h6-8,19,23H,5,9H2,1-4H3,(H,22,25). The average molecular weight is 380 g/mol. The highest BCUT2D eigenvalue weighted by molar-refractivity contribution is 6.02. The van der Waals surface area contributed by atoms with Crippen LogP contribution in [0.1, 0.15) is 51.5 Å². The molecule has 0 radical (unpaired) electrons. The van der Waals surface area contributed by atoms with Gasteiger partial charge in [0.15, 0.2) is 17.3 Å². The second-order valence-electron chi connectivity index (χ2n) is 5.93. The summed E-state index contributed by atoms with van der Waals surface area (Å²) in [5.41, 5.74) is 2.72. The molecule has 0 saturated carbocycles. The lowest BCUT2D eigenvalue weighted by atomic mass is 10.0. The van der Waals surface area contributed by atoms with Gasteiger partial charge in [0.2, 0.25) is 0 Å². The first-order chi connectivity index (χ1) is 12.8. The van der Waals surface area contributed by atoms with E-state index in [1.807, 2.05) is 6.92 Å². The van der Waals surface area contributed by atoms with Crippen LogP contribution < -0.4 is 14.8 Å². The highest BCUT2D eigenvalue weighted by atomic mass is 19.3. The molecule has 146 valence electrons. The number of benzene rings is 1. The Bertz CT molecular complexity index is 846. The summed E-state index contributed by atoms with van der Waals surface area (Å²) in [4.78, 5) is 27.3. The molecule has 0 spiro atoms. The van der Waals surface area contributed by atoms with Crippen LogP contribution in [0.5, 0.6) is 11.5 Å². The molecule has 1 aromatic carbocycles. The molecular weight excluding hydrogens is 358 g/mol. The van der Waals surface area contributed by atoms with Gasteiger partial charge in [-0.25, -0.2) is 0 Å². The highest BCUT2D eigenvalue weighted by Crippen LogP contribution is 2.29. The van der Waals surface area contributed by atoms with Crippen molar-refractivity contribution in [2.24, 2.45) is 0 Å². The van der Waals surface area contributed by atoms with E-state index in [1.54, 1.807) is 13.0 Å². The van der Waals surface area contributed by atoms with Gasteiger partial charge >= 0.3 is 6.61 Å². The molecular formula is C19H22F2N2O4. The number of carbonyl (C=O) groups is 2. The van der Waals surface area contributed by atoms with Gasteiger partial charge < -0.3 is 19.8 Å². The largest absolute Gasteiger partial charge is 0.493 e. The maximum absolute atomic E-state index is 12.5. The summed E-state index contributed by atoms with van der Waals surface area (Å²) in [7, 11) is 1.35. The lowest BCUT2D eigenvalue weighted by Gasteiger charge is -2.12. The Morgan fingerprint density at radius 2 is 1.96 bits per heavy atom. The molecule has 0 aliphatic rings. The van der Waals surface area contributed by atoms with Crippen LogP contribution in [0, 0.1) is 6.92 Å². The van der Waals surface area contributed by atoms with Crippen molar-refractivity contribution in [3.8, 4) is 11.5 Å². The van der Waals surface area contributed by atoms with Crippen LogP contribution in [0.15, 0.2) is 18.2 Å². The molecule has 8 heteroatoms. The van der Waals surface area contributed by atoms with Gasteiger partial charge in [0.25, 0.3) is 5.91 Å². The summed E-state index contributed by atoms with van der Waals surface area (Å²) in [6, 6.07) is 4.51. The summed E-state index contributed by atoms with van der Waals surface area (Å²) < 4.78 is 34.4. The number of H-pyrrole nitrogens is 1. The van der Waals surface area contributed by atoms with Crippen molar-refractivity contribution >= 4 is 11.7 Å². The van der Waals surface area contributed by atoms with Crippen molar-refractivity contribution in [3.05, 3.63) is 46.3 Å². The summed E-state index contributed by atoms with van der Waals surface area (Å²) in [6.45, 7) is 2.17. The van der Waals surface area contributed by atoms with Crippen molar-refractivity contribution in [1.29, 1.82) is 0 Å². The molecule has 27 heavy (non-hydrogen) atoms. The molecule has 6 nitrogen and oxygen atoms in total. The number of halogens is 2. The van der Waals surface area contributed by atoms with Crippen molar-refractivity contribution in [3.63, 3.8) is 0 Å². The Labute approximate surface area is 155 Å². The molecule has 1 heterocycles. The predicted octanol–water partition coefficient (Wildman–Crippen LogP) is 3.63. The minimum atomic E-state index is -2.98. The normalized spacial score (nSPS) is 10.8. The lowest BCUT2D eigenvalue weighted by Crippen LogP contribution is -2.24. The van der Waals surface area contributed by atoms with E-state index < -0.39 is 6.61 Å². The maximum Gasteiger partial charge on any atom is 0.387 e. The van der Waals surface area contributed by atoms with Crippen LogP contribution in [-0.4, -0.2) is 30.4 Å². The predicted molar refractivity (Wildman–Crippen MR) is 95.7 cm³/mol. The second-order valence-corrected chi connectivity index (χ2v) is 5.93. The molecule has 2 rings (SSSR count). The number of aromatic nitrogens is 1. The number of ether oxygens (including phenoxy) is 2. The second kappa shape index (κ2) is 8.66.